The number of rotatable bonds is 3. The van der Waals surface area contributed by atoms with Crippen LogP contribution in [0, 0.1) is 19.7 Å². The van der Waals surface area contributed by atoms with Gasteiger partial charge in [0.1, 0.15) is 11.6 Å². The molecule has 3 aromatic rings. The van der Waals surface area contributed by atoms with Gasteiger partial charge in [-0.25, -0.2) is 4.39 Å². The van der Waals surface area contributed by atoms with E-state index < -0.39 is 0 Å². The molecule has 3 heteroatoms. The summed E-state index contributed by atoms with van der Waals surface area (Å²) in [5.74, 6) is 0.398. The molecule has 0 radical (unpaired) electrons. The highest BCUT2D eigenvalue weighted by atomic mass is 35.5. The topological polar surface area (TPSA) is 9.23 Å². The lowest BCUT2D eigenvalue weighted by molar-refractivity contribution is 0.416. The van der Waals surface area contributed by atoms with E-state index in [9.17, 15) is 4.39 Å². The molecule has 0 saturated heterocycles. The SMILES string of the molecule is COc1ccccc1-c1c(C)cc(F)c(-c2ccccc2C)c1Cl. The molecule has 122 valence electrons. The summed E-state index contributed by atoms with van der Waals surface area (Å²) in [7, 11) is 1.62. The summed E-state index contributed by atoms with van der Waals surface area (Å²) in [5, 5.41) is 0.409. The summed E-state index contributed by atoms with van der Waals surface area (Å²) in [6.45, 7) is 3.81. The van der Waals surface area contributed by atoms with Crippen LogP contribution in [0.3, 0.4) is 0 Å². The molecule has 0 spiro atoms. The van der Waals surface area contributed by atoms with Crippen molar-refractivity contribution in [1.82, 2.24) is 0 Å². The van der Waals surface area contributed by atoms with Crippen molar-refractivity contribution < 1.29 is 9.13 Å². The highest BCUT2D eigenvalue weighted by Gasteiger charge is 2.20. The minimum absolute atomic E-state index is 0.314. The zero-order valence-electron chi connectivity index (χ0n) is 13.9. The van der Waals surface area contributed by atoms with Gasteiger partial charge in [-0.15, -0.1) is 0 Å². The van der Waals surface area contributed by atoms with Crippen LogP contribution in [0.2, 0.25) is 5.02 Å². The molecular formula is C21H18ClFO. The molecular weight excluding hydrogens is 323 g/mol. The zero-order valence-corrected chi connectivity index (χ0v) is 14.6. The summed E-state index contributed by atoms with van der Waals surface area (Å²) in [6.07, 6.45) is 0. The third-order valence-corrected chi connectivity index (χ3v) is 4.58. The fraction of sp³-hybridized carbons (Fsp3) is 0.143. The predicted octanol–water partition coefficient (Wildman–Crippen LogP) is 6.44. The molecule has 0 aliphatic rings. The number of benzene rings is 3. The van der Waals surface area contributed by atoms with Crippen LogP contribution < -0.4 is 4.74 Å². The van der Waals surface area contributed by atoms with E-state index in [0.29, 0.717) is 16.3 Å². The molecule has 3 rings (SSSR count). The summed E-state index contributed by atoms with van der Waals surface area (Å²) < 4.78 is 20.2. The van der Waals surface area contributed by atoms with E-state index in [4.69, 9.17) is 16.3 Å². The van der Waals surface area contributed by atoms with Crippen molar-refractivity contribution in [2.45, 2.75) is 13.8 Å². The Morgan fingerprint density at radius 3 is 2.12 bits per heavy atom. The van der Waals surface area contributed by atoms with Crippen LogP contribution in [0.1, 0.15) is 11.1 Å². The van der Waals surface area contributed by atoms with Gasteiger partial charge >= 0.3 is 0 Å². The molecule has 0 bridgehead atoms. The van der Waals surface area contributed by atoms with E-state index in [2.05, 4.69) is 0 Å². The molecule has 0 atom stereocenters. The number of hydrogen-bond donors (Lipinski definition) is 0. The zero-order chi connectivity index (χ0) is 17.3. The Hall–Kier alpha value is -2.32. The first kappa shape index (κ1) is 16.5. The van der Waals surface area contributed by atoms with E-state index in [1.807, 2.05) is 62.4 Å². The smallest absolute Gasteiger partial charge is 0.132 e. The van der Waals surface area contributed by atoms with Gasteiger partial charge in [-0.3, -0.25) is 0 Å². The lowest BCUT2D eigenvalue weighted by Crippen LogP contribution is -1.96. The highest BCUT2D eigenvalue weighted by molar-refractivity contribution is 6.36. The van der Waals surface area contributed by atoms with Crippen LogP contribution in [0.25, 0.3) is 22.3 Å². The minimum Gasteiger partial charge on any atom is -0.496 e. The van der Waals surface area contributed by atoms with Crippen LogP contribution in [-0.4, -0.2) is 7.11 Å². The largest absolute Gasteiger partial charge is 0.496 e. The molecule has 24 heavy (non-hydrogen) atoms. The average molecular weight is 341 g/mol. The molecule has 0 amide bonds. The summed E-state index contributed by atoms with van der Waals surface area (Å²) in [6, 6.07) is 16.8. The second-order valence-electron chi connectivity index (χ2n) is 5.75. The van der Waals surface area contributed by atoms with Crippen molar-refractivity contribution in [1.29, 1.82) is 0 Å². The lowest BCUT2D eigenvalue weighted by atomic mass is 9.92. The second-order valence-corrected chi connectivity index (χ2v) is 6.13. The molecule has 0 aliphatic carbocycles. The number of halogens is 2. The summed E-state index contributed by atoms with van der Waals surface area (Å²) >= 11 is 6.69. The van der Waals surface area contributed by atoms with Crippen molar-refractivity contribution in [2.24, 2.45) is 0 Å². The van der Waals surface area contributed by atoms with Gasteiger partial charge in [0.05, 0.1) is 12.1 Å². The molecule has 3 aromatic carbocycles. The number of hydrogen-bond acceptors (Lipinski definition) is 1. The van der Waals surface area contributed by atoms with Gasteiger partial charge < -0.3 is 4.74 Å². The molecule has 1 nitrogen and oxygen atoms in total. The first-order valence-corrected chi connectivity index (χ1v) is 8.10. The van der Waals surface area contributed by atoms with Crippen LogP contribution in [0.4, 0.5) is 4.39 Å². The van der Waals surface area contributed by atoms with Gasteiger partial charge in [0.15, 0.2) is 0 Å². The van der Waals surface area contributed by atoms with Crippen LogP contribution >= 0.6 is 11.6 Å². The Bertz CT molecular complexity index is 902. The van der Waals surface area contributed by atoms with Crippen LogP contribution in [-0.2, 0) is 0 Å². The molecule has 0 fully saturated rings. The highest BCUT2D eigenvalue weighted by Crippen LogP contribution is 2.43. The van der Waals surface area contributed by atoms with E-state index in [-0.39, 0.29) is 5.82 Å². The van der Waals surface area contributed by atoms with Gasteiger partial charge in [0.25, 0.3) is 0 Å². The van der Waals surface area contributed by atoms with Crippen molar-refractivity contribution >= 4 is 11.6 Å². The lowest BCUT2D eigenvalue weighted by Gasteiger charge is -2.17. The maximum absolute atomic E-state index is 14.7. The van der Waals surface area contributed by atoms with E-state index in [0.717, 1.165) is 27.8 Å². The normalized spacial score (nSPS) is 10.7. The Labute approximate surface area is 146 Å². The Morgan fingerprint density at radius 2 is 1.46 bits per heavy atom. The quantitative estimate of drug-likeness (QED) is 0.533. The standard InChI is InChI=1S/C21H18ClFO/c1-13-8-4-5-9-15(13)20-17(23)12-14(2)19(21(20)22)16-10-6-7-11-18(16)24-3/h4-12H,1-3H3. The average Bonchev–Trinajstić information content (AvgIpc) is 2.56. The maximum atomic E-state index is 14.7. The van der Waals surface area contributed by atoms with E-state index >= 15 is 0 Å². The van der Waals surface area contributed by atoms with E-state index in [1.165, 1.54) is 6.07 Å². The number of ether oxygens (including phenoxy) is 1. The second kappa shape index (κ2) is 6.66. The van der Waals surface area contributed by atoms with Gasteiger partial charge in [0.2, 0.25) is 0 Å². The molecule has 0 aliphatic heterocycles. The van der Waals surface area contributed by atoms with Gasteiger partial charge in [-0.05, 0) is 42.7 Å². The summed E-state index contributed by atoms with van der Waals surface area (Å²) in [5.41, 5.74) is 4.65. The first-order chi connectivity index (χ1) is 11.5. The van der Waals surface area contributed by atoms with Gasteiger partial charge in [0, 0.05) is 16.7 Å². The fourth-order valence-electron chi connectivity index (χ4n) is 3.02. The Morgan fingerprint density at radius 1 is 0.833 bits per heavy atom. The maximum Gasteiger partial charge on any atom is 0.132 e. The number of para-hydroxylation sites is 1. The fourth-order valence-corrected chi connectivity index (χ4v) is 3.46. The third kappa shape index (κ3) is 2.78. The summed E-state index contributed by atoms with van der Waals surface area (Å²) in [4.78, 5) is 0. The Balaban J connectivity index is 2.34. The van der Waals surface area contributed by atoms with Crippen LogP contribution in [0.5, 0.6) is 5.75 Å². The molecule has 0 aromatic heterocycles. The number of aryl methyl sites for hydroxylation is 2. The molecule has 0 saturated carbocycles. The third-order valence-electron chi connectivity index (χ3n) is 4.21. The number of methoxy groups -OCH3 is 1. The Kier molecular flexibility index (Phi) is 4.59. The van der Waals surface area contributed by atoms with Gasteiger partial charge in [-0.1, -0.05) is 54.1 Å². The first-order valence-electron chi connectivity index (χ1n) is 7.72. The van der Waals surface area contributed by atoms with Crippen molar-refractivity contribution in [2.75, 3.05) is 7.11 Å². The van der Waals surface area contributed by atoms with Gasteiger partial charge in [-0.2, -0.15) is 0 Å². The predicted molar refractivity (Wildman–Crippen MR) is 98.3 cm³/mol. The molecule has 0 N–H and O–H groups in total. The van der Waals surface area contributed by atoms with Crippen LogP contribution in [0.15, 0.2) is 54.6 Å². The van der Waals surface area contributed by atoms with Crippen molar-refractivity contribution in [3.05, 3.63) is 76.6 Å². The van der Waals surface area contributed by atoms with Crippen molar-refractivity contribution in [3.63, 3.8) is 0 Å². The monoisotopic (exact) mass is 340 g/mol. The van der Waals surface area contributed by atoms with E-state index in [1.54, 1.807) is 7.11 Å². The minimum atomic E-state index is -0.314. The molecule has 0 unspecified atom stereocenters. The molecule has 0 heterocycles. The van der Waals surface area contributed by atoms with Crippen molar-refractivity contribution in [3.8, 4) is 28.0 Å².